The molecule has 0 fully saturated rings. The lowest BCUT2D eigenvalue weighted by Gasteiger charge is -2.09. The summed E-state index contributed by atoms with van der Waals surface area (Å²) >= 11 is 1.69. The maximum absolute atomic E-state index is 10.5. The van der Waals surface area contributed by atoms with E-state index in [9.17, 15) is 4.79 Å². The SMILES string of the molecule is CN(C=O)c1ccc2ccsc2c1. The molecule has 2 rings (SSSR count). The summed E-state index contributed by atoms with van der Waals surface area (Å²) in [5.74, 6) is 0. The Labute approximate surface area is 80.4 Å². The molecule has 3 heteroatoms. The summed E-state index contributed by atoms with van der Waals surface area (Å²) in [6.07, 6.45) is 0.814. The second-order valence-corrected chi connectivity index (χ2v) is 3.81. The van der Waals surface area contributed by atoms with E-state index in [0.717, 1.165) is 12.1 Å². The number of rotatable bonds is 2. The number of anilines is 1. The molecule has 66 valence electrons. The predicted molar refractivity (Wildman–Crippen MR) is 56.3 cm³/mol. The van der Waals surface area contributed by atoms with Gasteiger partial charge in [-0.3, -0.25) is 4.79 Å². The first kappa shape index (κ1) is 8.26. The molecular weight excluding hydrogens is 182 g/mol. The molecule has 0 bridgehead atoms. The summed E-state index contributed by atoms with van der Waals surface area (Å²) in [7, 11) is 1.75. The monoisotopic (exact) mass is 191 g/mol. The van der Waals surface area contributed by atoms with Gasteiger partial charge in [0, 0.05) is 17.4 Å². The van der Waals surface area contributed by atoms with E-state index < -0.39 is 0 Å². The largest absolute Gasteiger partial charge is 0.318 e. The maximum Gasteiger partial charge on any atom is 0.213 e. The van der Waals surface area contributed by atoms with E-state index >= 15 is 0 Å². The van der Waals surface area contributed by atoms with Crippen LogP contribution < -0.4 is 4.90 Å². The molecule has 2 nitrogen and oxygen atoms in total. The number of carbonyl (C=O) groups excluding carboxylic acids is 1. The first-order valence-corrected chi connectivity index (χ1v) is 4.84. The highest BCUT2D eigenvalue weighted by atomic mass is 32.1. The average molecular weight is 191 g/mol. The zero-order valence-corrected chi connectivity index (χ0v) is 8.04. The summed E-state index contributed by atoms with van der Waals surface area (Å²) in [5, 5.41) is 3.28. The molecule has 0 radical (unpaired) electrons. The zero-order valence-electron chi connectivity index (χ0n) is 7.23. The zero-order chi connectivity index (χ0) is 9.26. The van der Waals surface area contributed by atoms with Gasteiger partial charge in [-0.1, -0.05) is 6.07 Å². The highest BCUT2D eigenvalue weighted by Crippen LogP contribution is 2.25. The Morgan fingerprint density at radius 3 is 3.00 bits per heavy atom. The molecule has 0 saturated heterocycles. The fraction of sp³-hybridized carbons (Fsp3) is 0.100. The van der Waals surface area contributed by atoms with Crippen LogP contribution in [-0.4, -0.2) is 13.5 Å². The Morgan fingerprint density at radius 1 is 1.38 bits per heavy atom. The molecule has 13 heavy (non-hydrogen) atoms. The van der Waals surface area contributed by atoms with E-state index in [-0.39, 0.29) is 0 Å². The number of thiophene rings is 1. The van der Waals surface area contributed by atoms with Crippen LogP contribution in [0.15, 0.2) is 29.6 Å². The fourth-order valence-corrected chi connectivity index (χ4v) is 2.05. The molecule has 0 saturated carbocycles. The van der Waals surface area contributed by atoms with Crippen molar-refractivity contribution in [2.75, 3.05) is 11.9 Å². The molecule has 0 aliphatic carbocycles. The Bertz CT molecular complexity index is 435. The predicted octanol–water partition coefficient (Wildman–Crippen LogP) is 2.49. The smallest absolute Gasteiger partial charge is 0.213 e. The highest BCUT2D eigenvalue weighted by Gasteiger charge is 2.00. The van der Waals surface area contributed by atoms with Crippen molar-refractivity contribution < 1.29 is 4.79 Å². The molecular formula is C10H9NOS. The molecule has 0 spiro atoms. The van der Waals surface area contributed by atoms with Gasteiger partial charge in [0.2, 0.25) is 6.41 Å². The average Bonchev–Trinajstić information content (AvgIpc) is 2.63. The van der Waals surface area contributed by atoms with Gasteiger partial charge >= 0.3 is 0 Å². The third kappa shape index (κ3) is 1.42. The molecule has 0 N–H and O–H groups in total. The number of fused-ring (bicyclic) bond motifs is 1. The molecule has 1 heterocycles. The minimum atomic E-state index is 0.814. The van der Waals surface area contributed by atoms with Crippen LogP contribution in [0.3, 0.4) is 0 Å². The van der Waals surface area contributed by atoms with Crippen molar-refractivity contribution in [2.24, 2.45) is 0 Å². The number of benzene rings is 1. The van der Waals surface area contributed by atoms with E-state index in [2.05, 4.69) is 11.4 Å². The van der Waals surface area contributed by atoms with E-state index in [0.29, 0.717) is 0 Å². The number of hydrogen-bond donors (Lipinski definition) is 0. The lowest BCUT2D eigenvalue weighted by atomic mass is 10.2. The van der Waals surface area contributed by atoms with Crippen molar-refractivity contribution in [3.63, 3.8) is 0 Å². The van der Waals surface area contributed by atoms with Crippen LogP contribution in [0.5, 0.6) is 0 Å². The van der Waals surface area contributed by atoms with Crippen molar-refractivity contribution in [3.8, 4) is 0 Å². The number of amides is 1. The minimum Gasteiger partial charge on any atom is -0.318 e. The molecule has 0 aliphatic rings. The number of carbonyl (C=O) groups is 1. The molecule has 0 unspecified atom stereocenters. The summed E-state index contributed by atoms with van der Waals surface area (Å²) in [4.78, 5) is 12.1. The molecule has 1 aromatic heterocycles. The lowest BCUT2D eigenvalue weighted by molar-refractivity contribution is -0.107. The van der Waals surface area contributed by atoms with Crippen LogP contribution in [0.1, 0.15) is 0 Å². The number of hydrogen-bond acceptors (Lipinski definition) is 2. The van der Waals surface area contributed by atoms with Crippen molar-refractivity contribution in [1.29, 1.82) is 0 Å². The van der Waals surface area contributed by atoms with Gasteiger partial charge in [-0.25, -0.2) is 0 Å². The Morgan fingerprint density at radius 2 is 2.23 bits per heavy atom. The molecule has 0 atom stereocenters. The Hall–Kier alpha value is -1.35. The van der Waals surface area contributed by atoms with E-state index in [1.165, 1.54) is 10.1 Å². The van der Waals surface area contributed by atoms with Gasteiger partial charge in [-0.15, -0.1) is 11.3 Å². The van der Waals surface area contributed by atoms with Gasteiger partial charge in [0.25, 0.3) is 0 Å². The van der Waals surface area contributed by atoms with E-state index in [4.69, 9.17) is 0 Å². The highest BCUT2D eigenvalue weighted by molar-refractivity contribution is 7.17. The molecule has 1 amide bonds. The minimum absolute atomic E-state index is 0.814. The van der Waals surface area contributed by atoms with Gasteiger partial charge in [0.05, 0.1) is 0 Å². The van der Waals surface area contributed by atoms with Crippen molar-refractivity contribution in [3.05, 3.63) is 29.6 Å². The summed E-state index contributed by atoms with van der Waals surface area (Å²) in [6.45, 7) is 0. The van der Waals surface area contributed by atoms with Crippen LogP contribution >= 0.6 is 11.3 Å². The van der Waals surface area contributed by atoms with Gasteiger partial charge in [-0.2, -0.15) is 0 Å². The fourth-order valence-electron chi connectivity index (χ4n) is 1.22. The van der Waals surface area contributed by atoms with Crippen LogP contribution in [0.25, 0.3) is 10.1 Å². The first-order valence-electron chi connectivity index (χ1n) is 3.96. The second-order valence-electron chi connectivity index (χ2n) is 2.86. The Balaban J connectivity index is 2.53. The maximum atomic E-state index is 10.5. The van der Waals surface area contributed by atoms with E-state index in [1.807, 2.05) is 18.2 Å². The quantitative estimate of drug-likeness (QED) is 0.668. The van der Waals surface area contributed by atoms with Crippen LogP contribution in [0.4, 0.5) is 5.69 Å². The summed E-state index contributed by atoms with van der Waals surface area (Å²) in [5.41, 5.74) is 0.935. The van der Waals surface area contributed by atoms with E-state index in [1.54, 1.807) is 23.3 Å². The van der Waals surface area contributed by atoms with Crippen molar-refractivity contribution in [1.82, 2.24) is 0 Å². The lowest BCUT2D eigenvalue weighted by Crippen LogP contribution is -2.13. The van der Waals surface area contributed by atoms with Crippen molar-refractivity contribution in [2.45, 2.75) is 0 Å². The van der Waals surface area contributed by atoms with Crippen LogP contribution in [0.2, 0.25) is 0 Å². The first-order chi connectivity index (χ1) is 6.31. The second kappa shape index (κ2) is 3.18. The molecule has 2 aromatic rings. The van der Waals surface area contributed by atoms with Gasteiger partial charge in [0.15, 0.2) is 0 Å². The van der Waals surface area contributed by atoms with Crippen LogP contribution in [0, 0.1) is 0 Å². The standard InChI is InChI=1S/C10H9NOS/c1-11(7-12)9-3-2-8-4-5-13-10(8)6-9/h2-7H,1H3. The molecule has 1 aromatic carbocycles. The van der Waals surface area contributed by atoms with Crippen molar-refractivity contribution >= 4 is 33.5 Å². The summed E-state index contributed by atoms with van der Waals surface area (Å²) in [6, 6.07) is 8.07. The van der Waals surface area contributed by atoms with Gasteiger partial charge in [0.1, 0.15) is 0 Å². The topological polar surface area (TPSA) is 20.3 Å². The third-order valence-electron chi connectivity index (χ3n) is 2.01. The Kier molecular flexibility index (Phi) is 2.02. The number of nitrogens with zero attached hydrogens (tertiary/aromatic N) is 1. The van der Waals surface area contributed by atoms with Gasteiger partial charge < -0.3 is 4.90 Å². The summed E-state index contributed by atoms with van der Waals surface area (Å²) < 4.78 is 1.21. The van der Waals surface area contributed by atoms with Gasteiger partial charge in [-0.05, 0) is 29.0 Å². The molecule has 0 aliphatic heterocycles. The van der Waals surface area contributed by atoms with Crippen LogP contribution in [-0.2, 0) is 4.79 Å². The normalized spacial score (nSPS) is 10.2. The third-order valence-corrected chi connectivity index (χ3v) is 2.88.